The van der Waals surface area contributed by atoms with E-state index in [0.29, 0.717) is 11.5 Å². The van der Waals surface area contributed by atoms with Crippen LogP contribution in [0.4, 0.5) is 5.82 Å². The van der Waals surface area contributed by atoms with Crippen molar-refractivity contribution in [2.45, 2.75) is 77.2 Å². The number of unbranched alkanes of at least 4 members (excludes halogenated alkanes) is 5. The number of anilines is 1. The van der Waals surface area contributed by atoms with Crippen LogP contribution >= 0.6 is 15.9 Å². The van der Waals surface area contributed by atoms with Crippen molar-refractivity contribution in [1.29, 1.82) is 0 Å². The molecule has 0 amide bonds. The number of fused-ring (bicyclic) bond motifs is 1. The first-order valence-corrected chi connectivity index (χ1v) is 15.0. The molecule has 1 atom stereocenters. The van der Waals surface area contributed by atoms with Gasteiger partial charge in [0.25, 0.3) is 0 Å². The number of nitrogens with one attached hydrogen (secondary N) is 1. The highest BCUT2D eigenvalue weighted by Gasteiger charge is 2.16. The Morgan fingerprint density at radius 1 is 0.895 bits per heavy atom. The van der Waals surface area contributed by atoms with Gasteiger partial charge in [0, 0.05) is 22.3 Å². The van der Waals surface area contributed by atoms with Gasteiger partial charge in [-0.2, -0.15) is 0 Å². The molecular weight excluding hydrogens is 540 g/mol. The van der Waals surface area contributed by atoms with Gasteiger partial charge < -0.3 is 19.7 Å². The van der Waals surface area contributed by atoms with E-state index in [1.54, 1.807) is 14.2 Å². The molecular formula is C31H43BrN4O2. The molecule has 0 saturated carbocycles. The Hall–Kier alpha value is -2.38. The van der Waals surface area contributed by atoms with Crippen LogP contribution in [0.5, 0.6) is 11.5 Å². The van der Waals surface area contributed by atoms with E-state index in [9.17, 15) is 0 Å². The molecule has 0 spiro atoms. The highest BCUT2D eigenvalue weighted by atomic mass is 79.9. The fourth-order valence-electron chi connectivity index (χ4n) is 5.30. The molecule has 0 radical (unpaired) electrons. The van der Waals surface area contributed by atoms with Crippen LogP contribution in [-0.2, 0) is 6.42 Å². The van der Waals surface area contributed by atoms with E-state index in [4.69, 9.17) is 19.4 Å². The third-order valence-corrected chi connectivity index (χ3v) is 8.02. The molecule has 0 aliphatic carbocycles. The summed E-state index contributed by atoms with van der Waals surface area (Å²) in [6.45, 7) is 6.06. The van der Waals surface area contributed by atoms with Crippen LogP contribution in [-0.4, -0.2) is 48.7 Å². The first-order chi connectivity index (χ1) is 18.6. The molecule has 0 bridgehead atoms. The van der Waals surface area contributed by atoms with Crippen molar-refractivity contribution in [2.75, 3.05) is 39.2 Å². The lowest BCUT2D eigenvalue weighted by atomic mass is 10.1. The van der Waals surface area contributed by atoms with Crippen molar-refractivity contribution in [3.63, 3.8) is 0 Å². The summed E-state index contributed by atoms with van der Waals surface area (Å²) in [6, 6.07) is 12.4. The van der Waals surface area contributed by atoms with Crippen LogP contribution in [0.15, 0.2) is 40.9 Å². The Labute approximate surface area is 236 Å². The molecule has 6 nitrogen and oxygen atoms in total. The zero-order chi connectivity index (χ0) is 26.7. The normalized spacial score (nSPS) is 14.9. The Morgan fingerprint density at radius 3 is 2.34 bits per heavy atom. The molecule has 0 unspecified atom stereocenters. The van der Waals surface area contributed by atoms with Crippen LogP contribution in [0.25, 0.3) is 10.9 Å². The van der Waals surface area contributed by atoms with Crippen LogP contribution in [0.2, 0.25) is 0 Å². The molecule has 1 aliphatic rings. The standard InChI is InChI=1S/C31H43BrN4O2/c1-23(24-14-13-15-25(32)20-24)33-31-26-21-28(37-2)29(38-3)22-27(26)34-30(35-31)16-9-6-4-5-7-10-17-36-18-11-8-12-19-36/h13-15,20-23H,4-12,16-19H2,1-3H3,(H,33,34,35)/t23-/m1/s1. The quantitative estimate of drug-likeness (QED) is 0.194. The molecule has 4 rings (SSSR count). The Morgan fingerprint density at radius 2 is 1.61 bits per heavy atom. The minimum Gasteiger partial charge on any atom is -0.493 e. The van der Waals surface area contributed by atoms with Crippen LogP contribution < -0.4 is 14.8 Å². The van der Waals surface area contributed by atoms with Gasteiger partial charge in [-0.15, -0.1) is 0 Å². The molecule has 3 aromatic rings. The zero-order valence-electron chi connectivity index (χ0n) is 23.3. The SMILES string of the molecule is COc1cc2nc(CCCCCCCCN3CCCCC3)nc(N[C@H](C)c3cccc(Br)c3)c2cc1OC. The average Bonchev–Trinajstić information content (AvgIpc) is 2.94. The summed E-state index contributed by atoms with van der Waals surface area (Å²) in [5, 5.41) is 4.57. The smallest absolute Gasteiger partial charge is 0.162 e. The van der Waals surface area contributed by atoms with E-state index in [-0.39, 0.29) is 6.04 Å². The molecule has 7 heteroatoms. The maximum Gasteiger partial charge on any atom is 0.162 e. The summed E-state index contributed by atoms with van der Waals surface area (Å²) in [4.78, 5) is 12.5. The first kappa shape index (κ1) is 28.6. The van der Waals surface area contributed by atoms with Crippen LogP contribution in [0, 0.1) is 0 Å². The lowest BCUT2D eigenvalue weighted by Crippen LogP contribution is -2.30. The van der Waals surface area contributed by atoms with Crippen molar-refractivity contribution < 1.29 is 9.47 Å². The van der Waals surface area contributed by atoms with Gasteiger partial charge in [0.15, 0.2) is 11.5 Å². The van der Waals surface area contributed by atoms with Crippen LogP contribution in [0.1, 0.15) is 82.1 Å². The predicted octanol–water partition coefficient (Wildman–Crippen LogP) is 7.95. The summed E-state index contributed by atoms with van der Waals surface area (Å²) in [5.74, 6) is 3.06. The maximum absolute atomic E-state index is 5.57. The number of hydrogen-bond acceptors (Lipinski definition) is 6. The topological polar surface area (TPSA) is 59.5 Å². The van der Waals surface area contributed by atoms with Crippen molar-refractivity contribution >= 4 is 32.7 Å². The van der Waals surface area contributed by atoms with E-state index < -0.39 is 0 Å². The van der Waals surface area contributed by atoms with Crippen molar-refractivity contribution in [1.82, 2.24) is 14.9 Å². The van der Waals surface area contributed by atoms with Gasteiger partial charge in [-0.05, 0) is 76.0 Å². The van der Waals surface area contributed by atoms with Gasteiger partial charge >= 0.3 is 0 Å². The minimum absolute atomic E-state index is 0.0801. The molecule has 2 aromatic carbocycles. The highest BCUT2D eigenvalue weighted by molar-refractivity contribution is 9.10. The largest absolute Gasteiger partial charge is 0.493 e. The Bertz CT molecular complexity index is 1170. The number of likely N-dealkylation sites (tertiary alicyclic amines) is 1. The van der Waals surface area contributed by atoms with Crippen LogP contribution in [0.3, 0.4) is 0 Å². The molecule has 1 fully saturated rings. The lowest BCUT2D eigenvalue weighted by Gasteiger charge is -2.26. The van der Waals surface area contributed by atoms with E-state index in [0.717, 1.165) is 39.9 Å². The van der Waals surface area contributed by atoms with E-state index in [1.165, 1.54) is 76.6 Å². The molecule has 1 aromatic heterocycles. The monoisotopic (exact) mass is 582 g/mol. The number of benzene rings is 2. The summed E-state index contributed by atoms with van der Waals surface area (Å²) in [7, 11) is 3.32. The van der Waals surface area contributed by atoms with Crippen molar-refractivity contribution in [3.05, 3.63) is 52.3 Å². The zero-order valence-corrected chi connectivity index (χ0v) is 24.9. The summed E-state index contributed by atoms with van der Waals surface area (Å²) >= 11 is 3.59. The van der Waals surface area contributed by atoms with Gasteiger partial charge in [0.2, 0.25) is 0 Å². The number of aryl methyl sites for hydroxylation is 1. The molecule has 1 saturated heterocycles. The average molecular weight is 584 g/mol. The number of halogens is 1. The van der Waals surface area contributed by atoms with E-state index in [1.807, 2.05) is 18.2 Å². The number of piperidine rings is 1. The van der Waals surface area contributed by atoms with Gasteiger partial charge in [-0.25, -0.2) is 9.97 Å². The second-order valence-corrected chi connectivity index (χ2v) is 11.3. The molecule has 1 N–H and O–H groups in total. The Kier molecular flexibility index (Phi) is 11.1. The first-order valence-electron chi connectivity index (χ1n) is 14.2. The summed E-state index contributed by atoms with van der Waals surface area (Å²) in [5.41, 5.74) is 2.06. The number of ether oxygens (including phenoxy) is 2. The number of methoxy groups -OCH3 is 2. The second kappa shape index (κ2) is 14.7. The van der Waals surface area contributed by atoms with E-state index in [2.05, 4.69) is 51.3 Å². The number of hydrogen-bond donors (Lipinski definition) is 1. The summed E-state index contributed by atoms with van der Waals surface area (Å²) in [6.07, 6.45) is 12.7. The predicted molar refractivity (Wildman–Crippen MR) is 161 cm³/mol. The lowest BCUT2D eigenvalue weighted by molar-refractivity contribution is 0.224. The molecule has 38 heavy (non-hydrogen) atoms. The van der Waals surface area contributed by atoms with Gasteiger partial charge in [-0.1, -0.05) is 60.2 Å². The third kappa shape index (κ3) is 8.06. The number of aromatic nitrogens is 2. The fraction of sp³-hybridized carbons (Fsp3) is 0.548. The van der Waals surface area contributed by atoms with E-state index >= 15 is 0 Å². The van der Waals surface area contributed by atoms with Gasteiger partial charge in [0.1, 0.15) is 11.6 Å². The minimum atomic E-state index is 0.0801. The third-order valence-electron chi connectivity index (χ3n) is 7.52. The van der Waals surface area contributed by atoms with Crippen molar-refractivity contribution in [3.8, 4) is 11.5 Å². The van der Waals surface area contributed by atoms with Gasteiger partial charge in [0.05, 0.1) is 25.8 Å². The maximum atomic E-state index is 5.57. The number of rotatable bonds is 14. The molecule has 1 aliphatic heterocycles. The molecule has 2 heterocycles. The summed E-state index contributed by atoms with van der Waals surface area (Å²) < 4.78 is 12.2. The molecule has 206 valence electrons. The van der Waals surface area contributed by atoms with Crippen molar-refractivity contribution in [2.24, 2.45) is 0 Å². The Balaban J connectivity index is 1.38. The number of nitrogens with zero attached hydrogens (tertiary/aromatic N) is 3. The second-order valence-electron chi connectivity index (χ2n) is 10.4. The fourth-order valence-corrected chi connectivity index (χ4v) is 5.72. The van der Waals surface area contributed by atoms with Gasteiger partial charge in [-0.3, -0.25) is 0 Å². The highest BCUT2D eigenvalue weighted by Crippen LogP contribution is 2.35.